The first-order chi connectivity index (χ1) is 6.92. The molecule has 2 rings (SSSR count). The van der Waals surface area contributed by atoms with Crippen molar-refractivity contribution in [1.82, 2.24) is 0 Å². The fourth-order valence-electron chi connectivity index (χ4n) is 2.17. The fourth-order valence-corrected chi connectivity index (χ4v) is 2.17. The maximum atomic E-state index is 5.75. The molecular weight excluding hydrogens is 210 g/mol. The van der Waals surface area contributed by atoms with Crippen molar-refractivity contribution < 1.29 is 4.74 Å². The Morgan fingerprint density at radius 1 is 1.27 bits per heavy atom. The maximum absolute atomic E-state index is 5.75. The second-order valence-electron chi connectivity index (χ2n) is 3.88. The Bertz CT molecular complexity index is 278. The van der Waals surface area contributed by atoms with E-state index in [1.165, 1.54) is 5.56 Å². The van der Waals surface area contributed by atoms with Crippen LogP contribution < -0.4 is 5.73 Å². The lowest BCUT2D eigenvalue weighted by molar-refractivity contribution is 0.0436. The summed E-state index contributed by atoms with van der Waals surface area (Å²) < 4.78 is 5.44. The van der Waals surface area contributed by atoms with Crippen molar-refractivity contribution in [2.75, 3.05) is 19.8 Å². The standard InChI is InChI=1S/C12H17NO.ClH/c13-8-11-9-14-7-6-12(11)10-4-2-1-3-5-10;/h1-5,11-12H,6-9,13H2;1H/t11-,12-;/m1./s1. The van der Waals surface area contributed by atoms with Crippen LogP contribution in [0.3, 0.4) is 0 Å². The minimum atomic E-state index is 0. The van der Waals surface area contributed by atoms with Gasteiger partial charge < -0.3 is 10.5 Å². The van der Waals surface area contributed by atoms with Crippen molar-refractivity contribution in [3.63, 3.8) is 0 Å². The zero-order chi connectivity index (χ0) is 9.80. The molecule has 0 unspecified atom stereocenters. The van der Waals surface area contributed by atoms with Gasteiger partial charge in [-0.2, -0.15) is 0 Å². The molecule has 0 bridgehead atoms. The highest BCUT2D eigenvalue weighted by Gasteiger charge is 2.25. The molecule has 0 aromatic heterocycles. The van der Waals surface area contributed by atoms with Crippen molar-refractivity contribution in [3.05, 3.63) is 35.9 Å². The lowest BCUT2D eigenvalue weighted by Gasteiger charge is -2.30. The predicted octanol–water partition coefficient (Wildman–Crippen LogP) is 2.19. The quantitative estimate of drug-likeness (QED) is 0.841. The predicted molar refractivity (Wildman–Crippen MR) is 64.4 cm³/mol. The summed E-state index contributed by atoms with van der Waals surface area (Å²) in [4.78, 5) is 0. The molecule has 0 spiro atoms. The second-order valence-corrected chi connectivity index (χ2v) is 3.88. The Labute approximate surface area is 97.2 Å². The molecule has 0 aliphatic carbocycles. The molecule has 1 heterocycles. The first-order valence-electron chi connectivity index (χ1n) is 5.24. The van der Waals surface area contributed by atoms with E-state index in [9.17, 15) is 0 Å². The van der Waals surface area contributed by atoms with Crippen LogP contribution in [0.15, 0.2) is 30.3 Å². The van der Waals surface area contributed by atoms with Crippen LogP contribution in [0.4, 0.5) is 0 Å². The molecule has 3 heteroatoms. The number of hydrogen-bond acceptors (Lipinski definition) is 2. The third kappa shape index (κ3) is 2.94. The first kappa shape index (κ1) is 12.5. The molecular formula is C12H18ClNO. The Morgan fingerprint density at radius 3 is 2.67 bits per heavy atom. The van der Waals surface area contributed by atoms with Gasteiger partial charge in [0, 0.05) is 12.5 Å². The van der Waals surface area contributed by atoms with Gasteiger partial charge in [-0.3, -0.25) is 0 Å². The molecule has 1 fully saturated rings. The zero-order valence-electron chi connectivity index (χ0n) is 8.76. The summed E-state index contributed by atoms with van der Waals surface area (Å²) in [5.74, 6) is 1.08. The highest BCUT2D eigenvalue weighted by Crippen LogP contribution is 2.30. The molecule has 1 saturated heterocycles. The SMILES string of the molecule is Cl.NC[C@@H]1COCC[C@@H]1c1ccccc1. The third-order valence-corrected chi connectivity index (χ3v) is 3.00. The highest BCUT2D eigenvalue weighted by atomic mass is 35.5. The first-order valence-corrected chi connectivity index (χ1v) is 5.24. The summed E-state index contributed by atoms with van der Waals surface area (Å²) >= 11 is 0. The average molecular weight is 228 g/mol. The van der Waals surface area contributed by atoms with Crippen molar-refractivity contribution in [1.29, 1.82) is 0 Å². The summed E-state index contributed by atoms with van der Waals surface area (Å²) in [5, 5.41) is 0. The molecule has 2 nitrogen and oxygen atoms in total. The van der Waals surface area contributed by atoms with E-state index >= 15 is 0 Å². The van der Waals surface area contributed by atoms with Gasteiger partial charge >= 0.3 is 0 Å². The summed E-state index contributed by atoms with van der Waals surface area (Å²) in [6, 6.07) is 10.6. The average Bonchev–Trinajstić information content (AvgIpc) is 2.30. The number of ether oxygens (including phenoxy) is 1. The molecule has 0 radical (unpaired) electrons. The van der Waals surface area contributed by atoms with Crippen LogP contribution in [0, 0.1) is 5.92 Å². The largest absolute Gasteiger partial charge is 0.381 e. The minimum absolute atomic E-state index is 0. The normalized spacial score (nSPS) is 25.7. The summed E-state index contributed by atoms with van der Waals surface area (Å²) in [5.41, 5.74) is 7.16. The van der Waals surface area contributed by atoms with Crippen molar-refractivity contribution in [3.8, 4) is 0 Å². The maximum Gasteiger partial charge on any atom is 0.0512 e. The van der Waals surface area contributed by atoms with Crippen LogP contribution in [-0.2, 0) is 4.74 Å². The van der Waals surface area contributed by atoms with E-state index < -0.39 is 0 Å². The van der Waals surface area contributed by atoms with Gasteiger partial charge in [0.05, 0.1) is 6.61 Å². The number of halogens is 1. The molecule has 1 aromatic rings. The number of nitrogens with two attached hydrogens (primary N) is 1. The highest BCUT2D eigenvalue weighted by molar-refractivity contribution is 5.85. The van der Waals surface area contributed by atoms with E-state index in [2.05, 4.69) is 30.3 Å². The molecule has 2 atom stereocenters. The smallest absolute Gasteiger partial charge is 0.0512 e. The van der Waals surface area contributed by atoms with Gasteiger partial charge in [0.2, 0.25) is 0 Å². The van der Waals surface area contributed by atoms with Crippen molar-refractivity contribution >= 4 is 12.4 Å². The molecule has 1 aliphatic rings. The van der Waals surface area contributed by atoms with Crippen molar-refractivity contribution in [2.45, 2.75) is 12.3 Å². The van der Waals surface area contributed by atoms with Gasteiger partial charge in [-0.1, -0.05) is 30.3 Å². The van der Waals surface area contributed by atoms with Crippen LogP contribution in [0.5, 0.6) is 0 Å². The Hall–Kier alpha value is -0.570. The lowest BCUT2D eigenvalue weighted by Crippen LogP contribution is -2.31. The number of rotatable bonds is 2. The van der Waals surface area contributed by atoms with E-state index in [0.717, 1.165) is 26.2 Å². The Balaban J connectivity index is 0.00000112. The monoisotopic (exact) mass is 227 g/mol. The van der Waals surface area contributed by atoms with E-state index in [4.69, 9.17) is 10.5 Å². The molecule has 15 heavy (non-hydrogen) atoms. The van der Waals surface area contributed by atoms with Crippen LogP contribution in [-0.4, -0.2) is 19.8 Å². The van der Waals surface area contributed by atoms with Gasteiger partial charge in [0.1, 0.15) is 0 Å². The van der Waals surface area contributed by atoms with Crippen LogP contribution >= 0.6 is 12.4 Å². The van der Waals surface area contributed by atoms with E-state index in [1.807, 2.05) is 0 Å². The third-order valence-electron chi connectivity index (χ3n) is 3.00. The Morgan fingerprint density at radius 2 is 2.00 bits per heavy atom. The number of benzene rings is 1. The second kappa shape index (κ2) is 6.11. The van der Waals surface area contributed by atoms with Gasteiger partial charge in [0.15, 0.2) is 0 Å². The minimum Gasteiger partial charge on any atom is -0.381 e. The molecule has 0 saturated carbocycles. The summed E-state index contributed by atoms with van der Waals surface area (Å²) in [7, 11) is 0. The van der Waals surface area contributed by atoms with Crippen molar-refractivity contribution in [2.24, 2.45) is 11.7 Å². The van der Waals surface area contributed by atoms with E-state index in [-0.39, 0.29) is 12.4 Å². The molecule has 0 amide bonds. The molecule has 84 valence electrons. The summed E-state index contributed by atoms with van der Waals surface area (Å²) in [6.07, 6.45) is 1.10. The fraction of sp³-hybridized carbons (Fsp3) is 0.500. The Kier molecular flexibility index (Phi) is 5.09. The molecule has 2 N–H and O–H groups in total. The van der Waals surface area contributed by atoms with Gasteiger partial charge in [-0.05, 0) is 24.4 Å². The van der Waals surface area contributed by atoms with E-state index in [1.54, 1.807) is 0 Å². The van der Waals surface area contributed by atoms with Gasteiger partial charge in [0.25, 0.3) is 0 Å². The molecule has 1 aromatic carbocycles. The van der Waals surface area contributed by atoms with Crippen LogP contribution in [0.25, 0.3) is 0 Å². The van der Waals surface area contributed by atoms with Gasteiger partial charge in [-0.25, -0.2) is 0 Å². The van der Waals surface area contributed by atoms with Gasteiger partial charge in [-0.15, -0.1) is 12.4 Å². The van der Waals surface area contributed by atoms with Crippen LogP contribution in [0.2, 0.25) is 0 Å². The number of hydrogen-bond donors (Lipinski definition) is 1. The van der Waals surface area contributed by atoms with Crippen LogP contribution in [0.1, 0.15) is 17.9 Å². The molecule has 1 aliphatic heterocycles. The van der Waals surface area contributed by atoms with E-state index in [0.29, 0.717) is 11.8 Å². The zero-order valence-corrected chi connectivity index (χ0v) is 9.58. The topological polar surface area (TPSA) is 35.2 Å². The lowest BCUT2D eigenvalue weighted by atomic mass is 9.83. The summed E-state index contributed by atoms with van der Waals surface area (Å²) in [6.45, 7) is 2.41.